The van der Waals surface area contributed by atoms with Gasteiger partial charge in [-0.3, -0.25) is 10.1 Å². The van der Waals surface area contributed by atoms with Gasteiger partial charge in [-0.15, -0.1) is 0 Å². The van der Waals surface area contributed by atoms with Gasteiger partial charge in [0.05, 0.1) is 22.0 Å². The fourth-order valence-corrected chi connectivity index (χ4v) is 2.85. The summed E-state index contributed by atoms with van der Waals surface area (Å²) in [6, 6.07) is 14.2. The van der Waals surface area contributed by atoms with E-state index in [-0.39, 0.29) is 5.69 Å². The molecule has 0 fully saturated rings. The van der Waals surface area contributed by atoms with Gasteiger partial charge < -0.3 is 4.74 Å². The van der Waals surface area contributed by atoms with Gasteiger partial charge in [-0.25, -0.2) is 4.68 Å². The Balaban J connectivity index is 1.90. The molecule has 0 aliphatic carbocycles. The first-order valence-electron chi connectivity index (χ1n) is 7.20. The van der Waals surface area contributed by atoms with Gasteiger partial charge in [0, 0.05) is 23.3 Å². The lowest BCUT2D eigenvalue weighted by Gasteiger charge is -2.19. The van der Waals surface area contributed by atoms with Crippen LogP contribution < -0.4 is 4.74 Å². The van der Waals surface area contributed by atoms with Gasteiger partial charge in [0.2, 0.25) is 0 Å². The van der Waals surface area contributed by atoms with Crippen molar-refractivity contribution in [2.24, 2.45) is 0 Å². The number of non-ortho nitro benzene ring substituents is 1. The summed E-state index contributed by atoms with van der Waals surface area (Å²) >= 11 is 0. The summed E-state index contributed by atoms with van der Waals surface area (Å²) in [5, 5.41) is 15.4. The lowest BCUT2D eigenvalue weighted by atomic mass is 10.0. The van der Waals surface area contributed by atoms with Crippen molar-refractivity contribution in [1.82, 2.24) is 9.78 Å². The zero-order valence-corrected chi connectivity index (χ0v) is 12.4. The summed E-state index contributed by atoms with van der Waals surface area (Å²) in [5.74, 6) is 0.822. The highest BCUT2D eigenvalue weighted by atomic mass is 16.6. The van der Waals surface area contributed by atoms with Crippen molar-refractivity contribution in [3.05, 3.63) is 69.9 Å². The molecule has 3 aromatic rings. The van der Waals surface area contributed by atoms with Gasteiger partial charge in [0.15, 0.2) is 0 Å². The third-order valence-corrected chi connectivity index (χ3v) is 4.00. The number of fused-ring (bicyclic) bond motifs is 3. The molecule has 0 N–H and O–H groups in total. The lowest BCUT2D eigenvalue weighted by molar-refractivity contribution is -0.384. The third-order valence-electron chi connectivity index (χ3n) is 4.00. The van der Waals surface area contributed by atoms with Gasteiger partial charge in [0.1, 0.15) is 12.4 Å². The standard InChI is InChI=1S/C17H13N3O3/c1-11-15-10-23-16-5-3-2-4-14(16)17(15)19(18-11)12-6-8-13(9-7-12)20(21)22/h2-9H,10H2,1H3. The molecule has 1 aliphatic heterocycles. The van der Waals surface area contributed by atoms with Gasteiger partial charge in [-0.1, -0.05) is 12.1 Å². The molecule has 1 aliphatic rings. The molecule has 2 heterocycles. The van der Waals surface area contributed by atoms with Crippen LogP contribution in [-0.2, 0) is 6.61 Å². The van der Waals surface area contributed by atoms with E-state index >= 15 is 0 Å². The molecule has 0 bridgehead atoms. The number of ether oxygens (including phenoxy) is 1. The van der Waals surface area contributed by atoms with E-state index in [1.807, 2.05) is 35.9 Å². The van der Waals surface area contributed by atoms with E-state index in [1.165, 1.54) is 12.1 Å². The van der Waals surface area contributed by atoms with Crippen LogP contribution in [0.1, 0.15) is 11.3 Å². The van der Waals surface area contributed by atoms with Crippen LogP contribution in [0.4, 0.5) is 5.69 Å². The number of hydrogen-bond acceptors (Lipinski definition) is 4. The number of hydrogen-bond donors (Lipinski definition) is 0. The normalized spacial score (nSPS) is 12.2. The Morgan fingerprint density at radius 3 is 2.65 bits per heavy atom. The number of rotatable bonds is 2. The Morgan fingerprint density at radius 2 is 1.91 bits per heavy atom. The molecule has 6 nitrogen and oxygen atoms in total. The molecule has 114 valence electrons. The second-order valence-corrected chi connectivity index (χ2v) is 5.38. The van der Waals surface area contributed by atoms with E-state index in [0.29, 0.717) is 6.61 Å². The summed E-state index contributed by atoms with van der Waals surface area (Å²) in [4.78, 5) is 10.4. The first-order chi connectivity index (χ1) is 11.1. The average molecular weight is 307 g/mol. The van der Waals surface area contributed by atoms with Crippen molar-refractivity contribution >= 4 is 5.69 Å². The molecule has 0 atom stereocenters. The van der Waals surface area contributed by atoms with Crippen LogP contribution in [0.3, 0.4) is 0 Å². The van der Waals surface area contributed by atoms with E-state index in [4.69, 9.17) is 4.74 Å². The van der Waals surface area contributed by atoms with Crippen molar-refractivity contribution in [2.75, 3.05) is 0 Å². The monoisotopic (exact) mass is 307 g/mol. The second-order valence-electron chi connectivity index (χ2n) is 5.38. The molecule has 0 amide bonds. The smallest absolute Gasteiger partial charge is 0.269 e. The molecular formula is C17H13N3O3. The maximum atomic E-state index is 10.8. The zero-order chi connectivity index (χ0) is 16.0. The maximum absolute atomic E-state index is 10.8. The maximum Gasteiger partial charge on any atom is 0.269 e. The fourth-order valence-electron chi connectivity index (χ4n) is 2.85. The van der Waals surface area contributed by atoms with Crippen LogP contribution >= 0.6 is 0 Å². The highest BCUT2D eigenvalue weighted by Gasteiger charge is 2.25. The Labute approximate surface area is 132 Å². The molecule has 23 heavy (non-hydrogen) atoms. The van der Waals surface area contributed by atoms with Gasteiger partial charge in [-0.05, 0) is 31.2 Å². The molecule has 6 heteroatoms. The Morgan fingerprint density at radius 1 is 1.17 bits per heavy atom. The van der Waals surface area contributed by atoms with E-state index in [1.54, 1.807) is 12.1 Å². The van der Waals surface area contributed by atoms with Crippen LogP contribution in [0, 0.1) is 17.0 Å². The van der Waals surface area contributed by atoms with E-state index in [9.17, 15) is 10.1 Å². The van der Waals surface area contributed by atoms with Crippen LogP contribution in [-0.4, -0.2) is 14.7 Å². The number of para-hydroxylation sites is 1. The Bertz CT molecular complexity index is 913. The van der Waals surface area contributed by atoms with E-state index < -0.39 is 4.92 Å². The Kier molecular flexibility index (Phi) is 2.90. The quantitative estimate of drug-likeness (QED) is 0.535. The minimum absolute atomic E-state index is 0.0650. The number of aryl methyl sites for hydroxylation is 1. The molecule has 0 saturated carbocycles. The molecule has 0 saturated heterocycles. The number of nitro groups is 1. The fraction of sp³-hybridized carbons (Fsp3) is 0.118. The zero-order valence-electron chi connectivity index (χ0n) is 12.4. The SMILES string of the molecule is Cc1nn(-c2ccc([N+](=O)[O-])cc2)c2c1COc1ccccc1-2. The Hall–Kier alpha value is -3.15. The predicted octanol–water partition coefficient (Wildman–Crippen LogP) is 3.65. The minimum atomic E-state index is -0.406. The molecule has 4 rings (SSSR count). The predicted molar refractivity (Wildman–Crippen MR) is 84.7 cm³/mol. The number of nitro benzene ring substituents is 1. The van der Waals surface area contributed by atoms with Gasteiger partial charge in [0.25, 0.3) is 5.69 Å². The molecule has 2 aromatic carbocycles. The number of nitrogens with zero attached hydrogens (tertiary/aromatic N) is 3. The molecule has 1 aromatic heterocycles. The van der Waals surface area contributed by atoms with Crippen LogP contribution in [0.2, 0.25) is 0 Å². The lowest BCUT2D eigenvalue weighted by Crippen LogP contribution is -2.07. The summed E-state index contributed by atoms with van der Waals surface area (Å²) in [6.45, 7) is 2.42. The topological polar surface area (TPSA) is 70.2 Å². The highest BCUT2D eigenvalue weighted by Crippen LogP contribution is 2.39. The van der Waals surface area contributed by atoms with Crippen molar-refractivity contribution < 1.29 is 9.66 Å². The first kappa shape index (κ1) is 13.5. The van der Waals surface area contributed by atoms with Crippen LogP contribution in [0.5, 0.6) is 5.75 Å². The highest BCUT2D eigenvalue weighted by molar-refractivity contribution is 5.74. The van der Waals surface area contributed by atoms with Crippen LogP contribution in [0.15, 0.2) is 48.5 Å². The van der Waals surface area contributed by atoms with Gasteiger partial charge >= 0.3 is 0 Å². The number of aromatic nitrogens is 2. The summed E-state index contributed by atoms with van der Waals surface area (Å²) in [7, 11) is 0. The van der Waals surface area contributed by atoms with Gasteiger partial charge in [-0.2, -0.15) is 5.10 Å². The first-order valence-corrected chi connectivity index (χ1v) is 7.20. The summed E-state index contributed by atoms with van der Waals surface area (Å²) < 4.78 is 7.62. The molecule has 0 radical (unpaired) electrons. The van der Waals surface area contributed by atoms with Crippen molar-refractivity contribution in [1.29, 1.82) is 0 Å². The third kappa shape index (κ3) is 2.07. The average Bonchev–Trinajstić information content (AvgIpc) is 2.92. The summed E-state index contributed by atoms with van der Waals surface area (Å²) in [5.41, 5.74) is 4.76. The summed E-state index contributed by atoms with van der Waals surface area (Å²) in [6.07, 6.45) is 0. The molecular weight excluding hydrogens is 294 g/mol. The number of benzene rings is 2. The molecule has 0 unspecified atom stereocenters. The van der Waals surface area contributed by atoms with Crippen molar-refractivity contribution in [3.63, 3.8) is 0 Å². The van der Waals surface area contributed by atoms with Crippen molar-refractivity contribution in [2.45, 2.75) is 13.5 Å². The van der Waals surface area contributed by atoms with E-state index in [0.717, 1.165) is 34.0 Å². The minimum Gasteiger partial charge on any atom is -0.488 e. The van der Waals surface area contributed by atoms with Crippen molar-refractivity contribution in [3.8, 4) is 22.7 Å². The second kappa shape index (κ2) is 4.95. The molecule has 0 spiro atoms. The van der Waals surface area contributed by atoms with Crippen LogP contribution in [0.25, 0.3) is 16.9 Å². The van der Waals surface area contributed by atoms with E-state index in [2.05, 4.69) is 5.10 Å². The largest absolute Gasteiger partial charge is 0.488 e.